The number of piperazine rings is 1. The summed E-state index contributed by atoms with van der Waals surface area (Å²) in [6.45, 7) is 4.21. The molecule has 1 aliphatic heterocycles. The van der Waals surface area contributed by atoms with Crippen molar-refractivity contribution < 1.29 is 18.8 Å². The molecule has 0 radical (unpaired) electrons. The van der Waals surface area contributed by atoms with Gasteiger partial charge in [-0.2, -0.15) is 0 Å². The number of methoxy groups -OCH3 is 1. The Morgan fingerprint density at radius 1 is 1.35 bits per heavy atom. The van der Waals surface area contributed by atoms with Gasteiger partial charge >= 0.3 is 0 Å². The maximum atomic E-state index is 12.3. The molecule has 1 saturated heterocycles. The van der Waals surface area contributed by atoms with Crippen molar-refractivity contribution in [3.8, 4) is 5.75 Å². The van der Waals surface area contributed by atoms with Crippen molar-refractivity contribution in [1.82, 2.24) is 4.90 Å². The second kappa shape index (κ2) is 7.19. The molecule has 0 saturated carbocycles. The van der Waals surface area contributed by atoms with Crippen LogP contribution in [0.25, 0.3) is 0 Å². The molecule has 0 spiro atoms. The van der Waals surface area contributed by atoms with Crippen molar-refractivity contribution in [1.29, 1.82) is 0 Å². The first-order valence-electron chi connectivity index (χ1n) is 7.66. The van der Waals surface area contributed by atoms with E-state index in [1.807, 2.05) is 17.0 Å². The van der Waals surface area contributed by atoms with Crippen molar-refractivity contribution in [3.05, 3.63) is 52.4 Å². The molecule has 1 aromatic carbocycles. The minimum atomic E-state index is -0.0194. The fourth-order valence-corrected chi connectivity index (χ4v) is 3.32. The Morgan fingerprint density at radius 3 is 2.78 bits per heavy atom. The Hall–Kier alpha value is -1.79. The zero-order valence-electron chi connectivity index (χ0n) is 13.0. The van der Waals surface area contributed by atoms with E-state index < -0.39 is 0 Å². The summed E-state index contributed by atoms with van der Waals surface area (Å²) in [5.41, 5.74) is 1.18. The summed E-state index contributed by atoms with van der Waals surface area (Å²) in [6, 6.07) is 9.53. The number of rotatable bonds is 4. The van der Waals surface area contributed by atoms with E-state index in [4.69, 9.17) is 9.15 Å². The van der Waals surface area contributed by atoms with Gasteiger partial charge in [-0.15, -0.1) is 0 Å². The lowest BCUT2D eigenvalue weighted by Crippen LogP contribution is -3.13. The molecule has 23 heavy (non-hydrogen) atoms. The monoisotopic (exact) mass is 379 g/mol. The van der Waals surface area contributed by atoms with E-state index in [9.17, 15) is 4.79 Å². The fraction of sp³-hybridized carbons (Fsp3) is 0.353. The lowest BCUT2D eigenvalue weighted by molar-refractivity contribution is -0.917. The third kappa shape index (κ3) is 3.76. The van der Waals surface area contributed by atoms with Gasteiger partial charge in [0.15, 0.2) is 5.76 Å². The molecule has 6 heteroatoms. The zero-order chi connectivity index (χ0) is 16.2. The standard InChI is InChI=1S/C17H19BrN2O3/c1-22-15-5-4-14(18)11-13(15)12-19-6-8-20(9-7-19)17(21)16-3-2-10-23-16/h2-5,10-11H,6-9,12H2,1H3/p+1. The molecule has 5 nitrogen and oxygen atoms in total. The molecule has 0 atom stereocenters. The number of hydrogen-bond donors (Lipinski definition) is 1. The van der Waals surface area contributed by atoms with Crippen LogP contribution in [0.4, 0.5) is 0 Å². The van der Waals surface area contributed by atoms with Crippen LogP contribution >= 0.6 is 15.9 Å². The minimum Gasteiger partial charge on any atom is -0.496 e. The molecule has 0 unspecified atom stereocenters. The second-order valence-corrected chi connectivity index (χ2v) is 6.57. The van der Waals surface area contributed by atoms with Gasteiger partial charge < -0.3 is 19.0 Å². The van der Waals surface area contributed by atoms with Crippen molar-refractivity contribution >= 4 is 21.8 Å². The number of carbonyl (C=O) groups excluding carboxylic acids is 1. The molecule has 1 aromatic heterocycles. The summed E-state index contributed by atoms with van der Waals surface area (Å²) in [7, 11) is 1.70. The second-order valence-electron chi connectivity index (χ2n) is 5.65. The minimum absolute atomic E-state index is 0.0194. The first kappa shape index (κ1) is 16.1. The van der Waals surface area contributed by atoms with E-state index in [1.165, 1.54) is 16.7 Å². The Balaban J connectivity index is 1.59. The molecule has 2 aromatic rings. The number of quaternary nitrogens is 1. The molecule has 0 bridgehead atoms. The number of carbonyl (C=O) groups is 1. The normalized spacial score (nSPS) is 15.7. The molecule has 1 N–H and O–H groups in total. The fourth-order valence-electron chi connectivity index (χ4n) is 2.91. The molecule has 122 valence electrons. The Labute approximate surface area is 143 Å². The third-order valence-corrected chi connectivity index (χ3v) is 4.67. The van der Waals surface area contributed by atoms with Gasteiger partial charge in [-0.05, 0) is 30.3 Å². The highest BCUT2D eigenvalue weighted by Gasteiger charge is 2.26. The van der Waals surface area contributed by atoms with Crippen LogP contribution in [0.5, 0.6) is 5.75 Å². The summed E-state index contributed by atoms with van der Waals surface area (Å²) >= 11 is 3.51. The van der Waals surface area contributed by atoms with Crippen LogP contribution in [-0.4, -0.2) is 44.1 Å². The first-order valence-corrected chi connectivity index (χ1v) is 8.45. The first-order chi connectivity index (χ1) is 11.2. The number of amides is 1. The van der Waals surface area contributed by atoms with E-state index in [0.29, 0.717) is 5.76 Å². The van der Waals surface area contributed by atoms with Crippen molar-refractivity contribution in [2.45, 2.75) is 6.54 Å². The van der Waals surface area contributed by atoms with Gasteiger partial charge in [0, 0.05) is 10.0 Å². The van der Waals surface area contributed by atoms with Crippen molar-refractivity contribution in [2.75, 3.05) is 33.3 Å². The lowest BCUT2D eigenvalue weighted by atomic mass is 10.1. The lowest BCUT2D eigenvalue weighted by Gasteiger charge is -2.32. The van der Waals surface area contributed by atoms with Gasteiger partial charge in [-0.1, -0.05) is 15.9 Å². The number of halogens is 1. The number of nitrogens with one attached hydrogen (secondary N) is 1. The zero-order valence-corrected chi connectivity index (χ0v) is 14.6. The number of benzene rings is 1. The SMILES string of the molecule is COc1ccc(Br)cc1C[NH+]1CCN(C(=O)c2ccco2)CC1. The maximum Gasteiger partial charge on any atom is 0.289 e. The molecule has 1 aliphatic rings. The van der Waals surface area contributed by atoms with Gasteiger partial charge in [0.2, 0.25) is 0 Å². The Bertz CT molecular complexity index is 664. The van der Waals surface area contributed by atoms with Crippen LogP contribution in [-0.2, 0) is 6.54 Å². The molecule has 2 heterocycles. The van der Waals surface area contributed by atoms with Crippen LogP contribution in [0, 0.1) is 0 Å². The highest BCUT2D eigenvalue weighted by Crippen LogP contribution is 2.22. The third-order valence-electron chi connectivity index (χ3n) is 4.17. The number of nitrogens with zero attached hydrogens (tertiary/aromatic N) is 1. The topological polar surface area (TPSA) is 47.1 Å². The summed E-state index contributed by atoms with van der Waals surface area (Å²) in [6.07, 6.45) is 1.54. The molecule has 0 aliphatic carbocycles. The van der Waals surface area contributed by atoms with Gasteiger partial charge in [-0.25, -0.2) is 0 Å². The molecule has 3 rings (SSSR count). The predicted molar refractivity (Wildman–Crippen MR) is 89.7 cm³/mol. The maximum absolute atomic E-state index is 12.3. The number of hydrogen-bond acceptors (Lipinski definition) is 3. The van der Waals surface area contributed by atoms with Crippen LogP contribution in [0.1, 0.15) is 16.1 Å². The molecular formula is C17H20BrN2O3+. The smallest absolute Gasteiger partial charge is 0.289 e. The highest BCUT2D eigenvalue weighted by molar-refractivity contribution is 9.10. The molecule has 1 fully saturated rings. The van der Waals surface area contributed by atoms with E-state index in [2.05, 4.69) is 22.0 Å². The van der Waals surface area contributed by atoms with E-state index >= 15 is 0 Å². The highest BCUT2D eigenvalue weighted by atomic mass is 79.9. The van der Waals surface area contributed by atoms with E-state index in [-0.39, 0.29) is 5.91 Å². The van der Waals surface area contributed by atoms with Crippen LogP contribution in [0.2, 0.25) is 0 Å². The molecular weight excluding hydrogens is 360 g/mol. The average molecular weight is 380 g/mol. The van der Waals surface area contributed by atoms with Crippen LogP contribution in [0.15, 0.2) is 45.5 Å². The molecule has 1 amide bonds. The van der Waals surface area contributed by atoms with E-state index in [0.717, 1.165) is 42.9 Å². The van der Waals surface area contributed by atoms with Crippen molar-refractivity contribution in [2.24, 2.45) is 0 Å². The van der Waals surface area contributed by atoms with Crippen molar-refractivity contribution in [3.63, 3.8) is 0 Å². The van der Waals surface area contributed by atoms with E-state index in [1.54, 1.807) is 19.2 Å². The Kier molecular flexibility index (Phi) is 5.03. The number of ether oxygens (including phenoxy) is 1. The summed E-state index contributed by atoms with van der Waals surface area (Å²) in [4.78, 5) is 15.6. The Morgan fingerprint density at radius 2 is 2.13 bits per heavy atom. The average Bonchev–Trinajstić information content (AvgIpc) is 3.10. The van der Waals surface area contributed by atoms with Crippen LogP contribution in [0.3, 0.4) is 0 Å². The van der Waals surface area contributed by atoms with Gasteiger partial charge in [-0.3, -0.25) is 4.79 Å². The predicted octanol–water partition coefficient (Wildman–Crippen LogP) is 1.59. The van der Waals surface area contributed by atoms with Crippen LogP contribution < -0.4 is 9.64 Å². The van der Waals surface area contributed by atoms with Gasteiger partial charge in [0.25, 0.3) is 5.91 Å². The van der Waals surface area contributed by atoms with Gasteiger partial charge in [0.1, 0.15) is 12.3 Å². The summed E-state index contributed by atoms with van der Waals surface area (Å²) < 4.78 is 11.7. The summed E-state index contributed by atoms with van der Waals surface area (Å²) in [5.74, 6) is 1.31. The quantitative estimate of drug-likeness (QED) is 0.877. The van der Waals surface area contributed by atoms with Gasteiger partial charge in [0.05, 0.1) is 39.6 Å². The number of furan rings is 1. The largest absolute Gasteiger partial charge is 0.496 e. The summed E-state index contributed by atoms with van der Waals surface area (Å²) in [5, 5.41) is 0.